The van der Waals surface area contributed by atoms with E-state index in [9.17, 15) is 0 Å². The minimum Gasteiger partial charge on any atom is -0.476 e. The lowest BCUT2D eigenvalue weighted by Gasteiger charge is -2.35. The van der Waals surface area contributed by atoms with E-state index in [2.05, 4.69) is 21.8 Å². The van der Waals surface area contributed by atoms with Gasteiger partial charge in [0.15, 0.2) is 5.82 Å². The van der Waals surface area contributed by atoms with Crippen LogP contribution in [0.5, 0.6) is 5.88 Å². The van der Waals surface area contributed by atoms with E-state index in [1.807, 2.05) is 6.92 Å². The standard InChI is InChI=1S/C12H20N4O/c1-3-17-12-10(13)11(14-8-15-12)16-7-5-4-6-9(16)2/h8-9H,3-7,13H2,1-2H3. The Morgan fingerprint density at radius 1 is 1.47 bits per heavy atom. The van der Waals surface area contributed by atoms with Crippen LogP contribution in [0.4, 0.5) is 11.5 Å². The molecule has 1 saturated heterocycles. The van der Waals surface area contributed by atoms with Gasteiger partial charge in [0.2, 0.25) is 5.88 Å². The second kappa shape index (κ2) is 5.21. The van der Waals surface area contributed by atoms with E-state index in [0.29, 0.717) is 24.2 Å². The summed E-state index contributed by atoms with van der Waals surface area (Å²) in [4.78, 5) is 10.6. The van der Waals surface area contributed by atoms with Crippen molar-refractivity contribution in [3.63, 3.8) is 0 Å². The van der Waals surface area contributed by atoms with Crippen LogP contribution in [0.1, 0.15) is 33.1 Å². The van der Waals surface area contributed by atoms with E-state index < -0.39 is 0 Å². The van der Waals surface area contributed by atoms with Crippen LogP contribution in [0, 0.1) is 0 Å². The second-order valence-electron chi connectivity index (χ2n) is 4.39. The lowest BCUT2D eigenvalue weighted by molar-refractivity contribution is 0.328. The van der Waals surface area contributed by atoms with Crippen LogP contribution in [0.15, 0.2) is 6.33 Å². The van der Waals surface area contributed by atoms with Gasteiger partial charge in [0.25, 0.3) is 0 Å². The zero-order chi connectivity index (χ0) is 12.3. The molecule has 0 aromatic carbocycles. The van der Waals surface area contributed by atoms with Crippen molar-refractivity contribution in [2.75, 3.05) is 23.8 Å². The number of hydrogen-bond donors (Lipinski definition) is 1. The Bertz CT molecular complexity index is 383. The molecule has 5 nitrogen and oxygen atoms in total. The monoisotopic (exact) mass is 236 g/mol. The lowest BCUT2D eigenvalue weighted by atomic mass is 10.0. The van der Waals surface area contributed by atoms with E-state index in [1.165, 1.54) is 25.6 Å². The Kier molecular flexibility index (Phi) is 3.66. The van der Waals surface area contributed by atoms with Crippen LogP contribution in [0.2, 0.25) is 0 Å². The molecule has 1 aromatic rings. The number of nitrogens with zero attached hydrogens (tertiary/aromatic N) is 3. The van der Waals surface area contributed by atoms with Crippen molar-refractivity contribution in [2.24, 2.45) is 0 Å². The third kappa shape index (κ3) is 2.43. The van der Waals surface area contributed by atoms with Crippen molar-refractivity contribution >= 4 is 11.5 Å². The highest BCUT2D eigenvalue weighted by atomic mass is 16.5. The molecule has 1 aliphatic rings. The van der Waals surface area contributed by atoms with Crippen molar-refractivity contribution in [1.82, 2.24) is 9.97 Å². The molecule has 1 unspecified atom stereocenters. The summed E-state index contributed by atoms with van der Waals surface area (Å²) in [6.07, 6.45) is 5.18. The highest BCUT2D eigenvalue weighted by molar-refractivity contribution is 5.68. The van der Waals surface area contributed by atoms with Crippen LogP contribution >= 0.6 is 0 Å². The van der Waals surface area contributed by atoms with Gasteiger partial charge in [0.1, 0.15) is 12.0 Å². The molecular formula is C12H20N4O. The summed E-state index contributed by atoms with van der Waals surface area (Å²) in [5.74, 6) is 1.31. The highest BCUT2D eigenvalue weighted by Gasteiger charge is 2.23. The summed E-state index contributed by atoms with van der Waals surface area (Å²) < 4.78 is 5.40. The van der Waals surface area contributed by atoms with Gasteiger partial charge in [-0.25, -0.2) is 4.98 Å². The molecule has 1 aliphatic heterocycles. The van der Waals surface area contributed by atoms with Crippen LogP contribution in [-0.4, -0.2) is 29.2 Å². The van der Waals surface area contributed by atoms with Crippen LogP contribution < -0.4 is 15.4 Å². The Morgan fingerprint density at radius 2 is 2.29 bits per heavy atom. The van der Waals surface area contributed by atoms with E-state index >= 15 is 0 Å². The minimum absolute atomic E-state index is 0.482. The second-order valence-corrected chi connectivity index (χ2v) is 4.39. The summed E-state index contributed by atoms with van der Waals surface area (Å²) in [7, 11) is 0. The van der Waals surface area contributed by atoms with Crippen LogP contribution in [0.25, 0.3) is 0 Å². The van der Waals surface area contributed by atoms with Crippen molar-refractivity contribution in [3.8, 4) is 5.88 Å². The van der Waals surface area contributed by atoms with Crippen molar-refractivity contribution < 1.29 is 4.74 Å². The SMILES string of the molecule is CCOc1ncnc(N2CCCCC2C)c1N. The number of ether oxygens (including phenoxy) is 1. The van der Waals surface area contributed by atoms with Gasteiger partial charge < -0.3 is 15.4 Å². The third-order valence-corrected chi connectivity index (χ3v) is 3.18. The molecule has 1 atom stereocenters. The smallest absolute Gasteiger partial charge is 0.242 e. The number of aromatic nitrogens is 2. The first-order valence-corrected chi connectivity index (χ1v) is 6.24. The zero-order valence-electron chi connectivity index (χ0n) is 10.5. The molecule has 0 spiro atoms. The number of anilines is 2. The van der Waals surface area contributed by atoms with Crippen molar-refractivity contribution in [2.45, 2.75) is 39.2 Å². The van der Waals surface area contributed by atoms with Gasteiger partial charge in [0.05, 0.1) is 6.61 Å². The highest BCUT2D eigenvalue weighted by Crippen LogP contribution is 2.31. The van der Waals surface area contributed by atoms with Gasteiger partial charge in [0, 0.05) is 12.6 Å². The van der Waals surface area contributed by atoms with E-state index in [0.717, 1.165) is 12.4 Å². The maximum Gasteiger partial charge on any atom is 0.242 e. The fourth-order valence-electron chi connectivity index (χ4n) is 2.26. The maximum atomic E-state index is 6.07. The average Bonchev–Trinajstić information content (AvgIpc) is 2.33. The van der Waals surface area contributed by atoms with Gasteiger partial charge in [-0.2, -0.15) is 4.98 Å². The molecule has 0 bridgehead atoms. The third-order valence-electron chi connectivity index (χ3n) is 3.18. The first-order chi connectivity index (χ1) is 8.24. The van der Waals surface area contributed by atoms with E-state index in [-0.39, 0.29) is 0 Å². The summed E-state index contributed by atoms with van der Waals surface area (Å²) >= 11 is 0. The number of hydrogen-bond acceptors (Lipinski definition) is 5. The Balaban J connectivity index is 2.27. The summed E-state index contributed by atoms with van der Waals surface area (Å²) in [5, 5.41) is 0. The van der Waals surface area contributed by atoms with Crippen LogP contribution in [-0.2, 0) is 0 Å². The number of piperidine rings is 1. The minimum atomic E-state index is 0.482. The Hall–Kier alpha value is -1.52. The van der Waals surface area contributed by atoms with Crippen LogP contribution in [0.3, 0.4) is 0 Å². The zero-order valence-corrected chi connectivity index (χ0v) is 10.5. The van der Waals surface area contributed by atoms with Crippen molar-refractivity contribution in [1.29, 1.82) is 0 Å². The summed E-state index contributed by atoms with van der Waals surface area (Å²) in [6.45, 7) is 5.70. The quantitative estimate of drug-likeness (QED) is 0.867. The molecule has 0 amide bonds. The van der Waals surface area contributed by atoms with Gasteiger partial charge in [-0.05, 0) is 33.1 Å². The molecule has 0 aliphatic carbocycles. The fourth-order valence-corrected chi connectivity index (χ4v) is 2.26. The molecule has 5 heteroatoms. The normalized spacial score (nSPS) is 20.4. The van der Waals surface area contributed by atoms with Gasteiger partial charge >= 0.3 is 0 Å². The maximum absolute atomic E-state index is 6.07. The first-order valence-electron chi connectivity index (χ1n) is 6.24. The lowest BCUT2D eigenvalue weighted by Crippen LogP contribution is -2.38. The molecule has 2 N–H and O–H groups in total. The topological polar surface area (TPSA) is 64.3 Å². The van der Waals surface area contributed by atoms with E-state index in [1.54, 1.807) is 0 Å². The summed E-state index contributed by atoms with van der Waals surface area (Å²) in [6, 6.07) is 0.482. The van der Waals surface area contributed by atoms with E-state index in [4.69, 9.17) is 10.5 Å². The van der Waals surface area contributed by atoms with Gasteiger partial charge in [-0.1, -0.05) is 0 Å². The Morgan fingerprint density at radius 3 is 3.00 bits per heavy atom. The molecule has 1 fully saturated rings. The summed E-state index contributed by atoms with van der Waals surface area (Å²) in [5.41, 5.74) is 6.63. The molecule has 94 valence electrons. The van der Waals surface area contributed by atoms with Gasteiger partial charge in [-0.3, -0.25) is 0 Å². The molecule has 2 rings (SSSR count). The predicted molar refractivity (Wildman–Crippen MR) is 68.3 cm³/mol. The van der Waals surface area contributed by atoms with Crippen molar-refractivity contribution in [3.05, 3.63) is 6.33 Å². The predicted octanol–water partition coefficient (Wildman–Crippen LogP) is 1.84. The average molecular weight is 236 g/mol. The molecule has 0 saturated carbocycles. The number of nitrogen functional groups attached to an aromatic ring is 1. The molecule has 1 aromatic heterocycles. The number of rotatable bonds is 3. The van der Waals surface area contributed by atoms with Gasteiger partial charge in [-0.15, -0.1) is 0 Å². The molecule has 2 heterocycles. The first kappa shape index (κ1) is 12.0. The molecular weight excluding hydrogens is 216 g/mol. The molecule has 17 heavy (non-hydrogen) atoms. The molecule has 0 radical (unpaired) electrons. The largest absolute Gasteiger partial charge is 0.476 e. The Labute approximate surface area is 102 Å². The number of nitrogens with two attached hydrogens (primary N) is 1. The fraction of sp³-hybridized carbons (Fsp3) is 0.667.